The van der Waals surface area contributed by atoms with Gasteiger partial charge in [0.2, 0.25) is 6.54 Å². The van der Waals surface area contributed by atoms with Crippen LogP contribution in [-0.2, 0) is 11.2 Å². The van der Waals surface area contributed by atoms with Crippen LogP contribution in [0.3, 0.4) is 0 Å². The van der Waals surface area contributed by atoms with Gasteiger partial charge in [0.1, 0.15) is 30.0 Å². The summed E-state index contributed by atoms with van der Waals surface area (Å²) in [6, 6.07) is 4.93. The number of halogens is 2. The number of likely N-dealkylation sites (tertiary alicyclic amines) is 1. The number of hydrogen-bond donors (Lipinski definition) is 1. The number of aromatic nitrogens is 3. The minimum absolute atomic E-state index is 0.00794. The number of rotatable bonds is 7. The van der Waals surface area contributed by atoms with Crippen molar-refractivity contribution in [3.8, 4) is 22.9 Å². The number of piperazine rings is 1. The molecule has 0 saturated carbocycles. The minimum Gasteiger partial charge on any atom is -0.492 e. The van der Waals surface area contributed by atoms with Gasteiger partial charge in [0.05, 0.1) is 27.7 Å². The van der Waals surface area contributed by atoms with E-state index in [0.717, 1.165) is 53.8 Å². The van der Waals surface area contributed by atoms with Gasteiger partial charge >= 0.3 is 6.01 Å². The third-order valence-corrected chi connectivity index (χ3v) is 10.2. The number of benzene rings is 2. The molecule has 2 N–H and O–H groups in total. The van der Waals surface area contributed by atoms with Gasteiger partial charge in [0.25, 0.3) is 5.91 Å². The Labute approximate surface area is 274 Å². The largest absolute Gasteiger partial charge is 0.492 e. The van der Waals surface area contributed by atoms with Gasteiger partial charge in [-0.05, 0) is 63.0 Å². The molecule has 1 amide bonds. The van der Waals surface area contributed by atoms with Crippen molar-refractivity contribution < 1.29 is 23.0 Å². The summed E-state index contributed by atoms with van der Waals surface area (Å²) in [6.07, 6.45) is 3.58. The molecule has 5 heterocycles. The van der Waals surface area contributed by atoms with Crippen LogP contribution in [-0.4, -0.2) is 95.7 Å². The molecule has 2 aromatic heterocycles. The predicted molar refractivity (Wildman–Crippen MR) is 177 cm³/mol. The lowest BCUT2D eigenvalue weighted by atomic mass is 9.91. The van der Waals surface area contributed by atoms with E-state index in [1.54, 1.807) is 6.07 Å². The van der Waals surface area contributed by atoms with Crippen LogP contribution in [0, 0.1) is 12.4 Å². The fourth-order valence-corrected chi connectivity index (χ4v) is 7.70. The smallest absolute Gasteiger partial charge is 0.319 e. The zero-order chi connectivity index (χ0) is 32.8. The lowest BCUT2D eigenvalue weighted by Crippen LogP contribution is -2.56. The number of anilines is 2. The molecule has 0 bridgehead atoms. The highest BCUT2D eigenvalue weighted by Crippen LogP contribution is 2.46. The molecule has 2 saturated heterocycles. The Morgan fingerprint density at radius 3 is 2.83 bits per heavy atom. The SMILES string of the molecule is [C-]#[N+]C[C@H]1CN(c2nc(OC[C@@H]3CCCN3C)nc3cc(-c4ccc(F)c5sc(N)nc45)c4c(c23)OCCC4)CCN1C(=O)C(=C)F. The number of ether oxygens (including phenoxy) is 2. The van der Waals surface area contributed by atoms with Gasteiger partial charge in [0, 0.05) is 36.8 Å². The van der Waals surface area contributed by atoms with Crippen molar-refractivity contribution in [2.45, 2.75) is 37.8 Å². The van der Waals surface area contributed by atoms with E-state index in [0.29, 0.717) is 58.9 Å². The summed E-state index contributed by atoms with van der Waals surface area (Å²) in [5.41, 5.74) is 9.55. The number of thiazole rings is 1. The van der Waals surface area contributed by atoms with Crippen molar-refractivity contribution in [2.75, 3.05) is 63.6 Å². The molecule has 0 unspecified atom stereocenters. The number of nitrogens with zero attached hydrogens (tertiary/aromatic N) is 7. The van der Waals surface area contributed by atoms with Crippen molar-refractivity contribution in [1.82, 2.24) is 24.8 Å². The van der Waals surface area contributed by atoms with Crippen LogP contribution in [0.4, 0.5) is 19.7 Å². The van der Waals surface area contributed by atoms with Gasteiger partial charge in [0.15, 0.2) is 11.0 Å². The average molecular weight is 661 g/mol. The maximum absolute atomic E-state index is 14.8. The van der Waals surface area contributed by atoms with Crippen molar-refractivity contribution in [2.24, 2.45) is 0 Å². The normalized spacial score (nSPS) is 19.9. The predicted octanol–water partition coefficient (Wildman–Crippen LogP) is 4.85. The zero-order valence-electron chi connectivity index (χ0n) is 26.0. The number of hydrogen-bond acceptors (Lipinski definition) is 10. The molecule has 0 radical (unpaired) electrons. The molecule has 7 rings (SSSR count). The van der Waals surface area contributed by atoms with Gasteiger partial charge < -0.3 is 34.8 Å². The van der Waals surface area contributed by atoms with E-state index >= 15 is 0 Å². The molecular weight excluding hydrogens is 626 g/mol. The summed E-state index contributed by atoms with van der Waals surface area (Å²) in [5.74, 6) is -1.07. The standard InChI is InChI=1S/C33H34F2N8O3S/c1-18(34)31(44)43-12-11-42(16-20(43)15-37-2)30-26-25(38-33(40-30)46-17-19-6-4-10-41(19)3)14-23(22-7-5-13-45-28(22)26)21-8-9-24(35)29-27(21)39-32(36)47-29/h8-9,14,19-20H,1,4-7,10-13,15-17H2,3H3,(H2,36,39)/t19-,20-/m0/s1. The van der Waals surface area contributed by atoms with Crippen molar-refractivity contribution in [3.63, 3.8) is 0 Å². The molecule has 2 fully saturated rings. The first kappa shape index (κ1) is 31.0. The van der Waals surface area contributed by atoms with E-state index in [4.69, 9.17) is 31.7 Å². The van der Waals surface area contributed by atoms with Gasteiger partial charge in [-0.1, -0.05) is 17.9 Å². The summed E-state index contributed by atoms with van der Waals surface area (Å²) in [4.78, 5) is 36.1. The summed E-state index contributed by atoms with van der Waals surface area (Å²) < 4.78 is 41.8. The van der Waals surface area contributed by atoms with E-state index < -0.39 is 17.8 Å². The van der Waals surface area contributed by atoms with E-state index in [1.807, 2.05) is 11.0 Å². The Morgan fingerprint density at radius 2 is 2.06 bits per heavy atom. The lowest BCUT2D eigenvalue weighted by Gasteiger charge is -2.40. The third-order valence-electron chi connectivity index (χ3n) is 9.28. The molecule has 2 atom stereocenters. The molecule has 244 valence electrons. The summed E-state index contributed by atoms with van der Waals surface area (Å²) in [5, 5.41) is 0.957. The highest BCUT2D eigenvalue weighted by molar-refractivity contribution is 7.22. The summed E-state index contributed by atoms with van der Waals surface area (Å²) in [6.45, 7) is 13.3. The monoisotopic (exact) mass is 660 g/mol. The van der Waals surface area contributed by atoms with Crippen molar-refractivity contribution >= 4 is 49.3 Å². The molecule has 4 aromatic rings. The number of nitrogen functional groups attached to an aromatic ring is 1. The Kier molecular flexibility index (Phi) is 8.27. The van der Waals surface area contributed by atoms with Crippen molar-refractivity contribution in [3.05, 3.63) is 53.4 Å². The lowest BCUT2D eigenvalue weighted by molar-refractivity contribution is -0.131. The second-order valence-corrected chi connectivity index (χ2v) is 13.2. The molecule has 3 aliphatic rings. The number of amides is 1. The molecular formula is C33H34F2N8O3S. The molecule has 47 heavy (non-hydrogen) atoms. The van der Waals surface area contributed by atoms with Gasteiger partial charge in [-0.15, -0.1) is 0 Å². The topological polar surface area (TPSA) is 114 Å². The fourth-order valence-electron chi connectivity index (χ4n) is 6.93. The Balaban J connectivity index is 1.39. The Hall–Kier alpha value is -4.61. The maximum atomic E-state index is 14.8. The average Bonchev–Trinajstić information content (AvgIpc) is 3.67. The van der Waals surface area contributed by atoms with Crippen LogP contribution in [0.15, 0.2) is 30.6 Å². The molecule has 14 heteroatoms. The van der Waals surface area contributed by atoms with Gasteiger partial charge in [-0.25, -0.2) is 20.3 Å². The number of likely N-dealkylation sites (N-methyl/N-ethyl adjacent to an activating group) is 1. The van der Waals surface area contributed by atoms with Crippen LogP contribution < -0.4 is 20.1 Å². The highest BCUT2D eigenvalue weighted by atomic mass is 32.1. The first-order valence-electron chi connectivity index (χ1n) is 15.6. The first-order chi connectivity index (χ1) is 22.7. The zero-order valence-corrected chi connectivity index (χ0v) is 26.8. The second-order valence-electron chi connectivity index (χ2n) is 12.2. The van der Waals surface area contributed by atoms with E-state index in [9.17, 15) is 13.6 Å². The van der Waals surface area contributed by atoms with Crippen LogP contribution in [0.25, 0.3) is 37.1 Å². The van der Waals surface area contributed by atoms with Gasteiger partial charge in [-0.3, -0.25) is 4.79 Å². The molecule has 2 aromatic carbocycles. The van der Waals surface area contributed by atoms with Gasteiger partial charge in [-0.2, -0.15) is 9.97 Å². The van der Waals surface area contributed by atoms with Crippen LogP contribution in [0.1, 0.15) is 24.8 Å². The summed E-state index contributed by atoms with van der Waals surface area (Å²) >= 11 is 1.11. The van der Waals surface area contributed by atoms with E-state index in [2.05, 4.69) is 28.4 Å². The summed E-state index contributed by atoms with van der Waals surface area (Å²) in [7, 11) is 2.07. The van der Waals surface area contributed by atoms with E-state index in [-0.39, 0.29) is 42.6 Å². The van der Waals surface area contributed by atoms with Crippen LogP contribution in [0.2, 0.25) is 0 Å². The molecule has 0 spiro atoms. The molecule has 11 nitrogen and oxygen atoms in total. The number of carbonyl (C=O) groups is 1. The number of fused-ring (bicyclic) bond motifs is 4. The Bertz CT molecular complexity index is 1950. The van der Waals surface area contributed by atoms with Crippen LogP contribution in [0.5, 0.6) is 11.8 Å². The Morgan fingerprint density at radius 1 is 1.21 bits per heavy atom. The molecule has 3 aliphatic heterocycles. The first-order valence-corrected chi connectivity index (χ1v) is 16.5. The number of carbonyl (C=O) groups excluding carboxylic acids is 1. The third kappa shape index (κ3) is 5.67. The maximum Gasteiger partial charge on any atom is 0.319 e. The second kappa shape index (κ2) is 12.5. The van der Waals surface area contributed by atoms with Crippen LogP contribution >= 0.6 is 11.3 Å². The van der Waals surface area contributed by atoms with Crippen molar-refractivity contribution in [1.29, 1.82) is 0 Å². The quantitative estimate of drug-likeness (QED) is 0.220. The fraction of sp³-hybridized carbons (Fsp3) is 0.424. The molecule has 0 aliphatic carbocycles. The van der Waals surface area contributed by atoms with E-state index in [1.165, 1.54) is 11.0 Å². The highest BCUT2D eigenvalue weighted by Gasteiger charge is 2.36. The minimum atomic E-state index is -1.06. The number of nitrogens with two attached hydrogens (primary N) is 1.